The van der Waals surface area contributed by atoms with Crippen LogP contribution in [-0.4, -0.2) is 27.0 Å². The normalized spacial score (nSPS) is 14.8. The van der Waals surface area contributed by atoms with Crippen molar-refractivity contribution in [2.24, 2.45) is 5.92 Å². The molecule has 2 aromatic rings. The van der Waals surface area contributed by atoms with Gasteiger partial charge in [-0.1, -0.05) is 13.8 Å². The number of hydrogen-bond acceptors (Lipinski definition) is 6. The summed E-state index contributed by atoms with van der Waals surface area (Å²) in [5, 5.41) is 0.348. The highest BCUT2D eigenvalue weighted by atomic mass is 32.2. The number of thiophene rings is 1. The molecule has 2 heterocycles. The fourth-order valence-corrected chi connectivity index (χ4v) is 4.96. The van der Waals surface area contributed by atoms with Gasteiger partial charge in [0.05, 0.1) is 16.4 Å². The van der Waals surface area contributed by atoms with E-state index in [1.807, 2.05) is 0 Å². The van der Waals surface area contributed by atoms with Gasteiger partial charge in [-0.3, -0.25) is 25.2 Å². The van der Waals surface area contributed by atoms with E-state index < -0.39 is 5.25 Å². The maximum Gasteiger partial charge on any atom is 0.259 e. The third-order valence-corrected chi connectivity index (χ3v) is 6.89. The number of thioether (sulfide) groups is 1. The average Bonchev–Trinajstić information content (AvgIpc) is 3.02. The van der Waals surface area contributed by atoms with E-state index in [0.717, 1.165) is 29.5 Å². The number of nitrogens with one attached hydrogen (secondary N) is 3. The van der Waals surface area contributed by atoms with Gasteiger partial charge in [0.15, 0.2) is 0 Å². The molecule has 0 saturated carbocycles. The van der Waals surface area contributed by atoms with Crippen LogP contribution in [0.25, 0.3) is 10.2 Å². The molecule has 0 bridgehead atoms. The molecule has 1 atom stereocenters. The second-order valence-corrected chi connectivity index (χ2v) is 9.40. The highest BCUT2D eigenvalue weighted by molar-refractivity contribution is 7.99. The summed E-state index contributed by atoms with van der Waals surface area (Å²) < 4.78 is 0. The third-order valence-electron chi connectivity index (χ3n) is 4.55. The number of rotatable bonds is 5. The van der Waals surface area contributed by atoms with Crippen molar-refractivity contribution in [3.05, 3.63) is 26.6 Å². The van der Waals surface area contributed by atoms with Crippen LogP contribution in [0.4, 0.5) is 0 Å². The minimum Gasteiger partial charge on any atom is -0.309 e. The van der Waals surface area contributed by atoms with Gasteiger partial charge in [-0.15, -0.1) is 23.1 Å². The van der Waals surface area contributed by atoms with Crippen LogP contribution in [0.3, 0.4) is 0 Å². The van der Waals surface area contributed by atoms with Gasteiger partial charge in [0.1, 0.15) is 10.7 Å². The molecule has 0 spiro atoms. The van der Waals surface area contributed by atoms with Crippen LogP contribution in [0.2, 0.25) is 0 Å². The molecule has 2 aromatic heterocycles. The molecule has 0 saturated heterocycles. The van der Waals surface area contributed by atoms with E-state index in [9.17, 15) is 14.4 Å². The van der Waals surface area contributed by atoms with Crippen LogP contribution in [-0.2, 0) is 28.2 Å². The van der Waals surface area contributed by atoms with Gasteiger partial charge in [-0.25, -0.2) is 4.98 Å². The van der Waals surface area contributed by atoms with Gasteiger partial charge in [0.25, 0.3) is 11.5 Å². The molecule has 0 aromatic carbocycles. The van der Waals surface area contributed by atoms with E-state index in [1.165, 1.54) is 28.6 Å². The summed E-state index contributed by atoms with van der Waals surface area (Å²) in [4.78, 5) is 45.7. The number of aromatic amines is 1. The number of amides is 2. The molecular weight excluding hydrogens is 384 g/mol. The monoisotopic (exact) mass is 408 g/mol. The van der Waals surface area contributed by atoms with Gasteiger partial charge in [-0.2, -0.15) is 0 Å². The molecule has 0 aliphatic heterocycles. The number of hydrogen-bond donors (Lipinski definition) is 3. The van der Waals surface area contributed by atoms with Crippen molar-refractivity contribution in [3.8, 4) is 0 Å². The standard InChI is InChI=1S/C18H24N4O3S2/c1-9(2)15(23)21-22-16(24)10(3)26-8-13-19-17(25)14-11-6-4-5-7-12(11)27-18(14)20-13/h9-10H,4-8H2,1-3H3,(H,21,23)(H,22,24)(H,19,20,25)/t10-/m1/s1. The summed E-state index contributed by atoms with van der Waals surface area (Å²) in [6.45, 7) is 5.25. The van der Waals surface area contributed by atoms with E-state index in [2.05, 4.69) is 20.8 Å². The lowest BCUT2D eigenvalue weighted by Gasteiger charge is -2.13. The topological polar surface area (TPSA) is 104 Å². The first kappa shape index (κ1) is 19.9. The quantitative estimate of drug-likeness (QED) is 0.659. The first-order valence-corrected chi connectivity index (χ1v) is 11.0. The lowest BCUT2D eigenvalue weighted by atomic mass is 9.97. The molecule has 0 fully saturated rings. The van der Waals surface area contributed by atoms with Crippen molar-refractivity contribution >= 4 is 45.1 Å². The van der Waals surface area contributed by atoms with Gasteiger partial charge in [0.2, 0.25) is 5.91 Å². The zero-order valence-corrected chi connectivity index (χ0v) is 17.3. The number of aryl methyl sites for hydroxylation is 2. The maximum atomic E-state index is 12.5. The number of hydrazine groups is 1. The molecular formula is C18H24N4O3S2. The van der Waals surface area contributed by atoms with Crippen LogP contribution in [0.15, 0.2) is 4.79 Å². The minimum absolute atomic E-state index is 0.0868. The molecule has 146 valence electrons. The Morgan fingerprint density at radius 2 is 1.89 bits per heavy atom. The van der Waals surface area contributed by atoms with Crippen LogP contribution in [0, 0.1) is 5.92 Å². The second kappa shape index (κ2) is 8.43. The highest BCUT2D eigenvalue weighted by Gasteiger charge is 2.20. The number of carbonyl (C=O) groups is 2. The number of H-pyrrole nitrogens is 1. The number of fused-ring (bicyclic) bond motifs is 3. The summed E-state index contributed by atoms with van der Waals surface area (Å²) in [6, 6.07) is 0. The zero-order chi connectivity index (χ0) is 19.6. The molecule has 9 heteroatoms. The second-order valence-electron chi connectivity index (χ2n) is 6.99. The largest absolute Gasteiger partial charge is 0.309 e. The van der Waals surface area contributed by atoms with Crippen molar-refractivity contribution in [2.75, 3.05) is 0 Å². The van der Waals surface area contributed by atoms with Crippen molar-refractivity contribution < 1.29 is 9.59 Å². The Balaban J connectivity index is 1.64. The average molecular weight is 409 g/mol. The predicted octanol–water partition coefficient (Wildman–Crippen LogP) is 2.29. The van der Waals surface area contributed by atoms with Gasteiger partial charge in [-0.05, 0) is 38.2 Å². The summed E-state index contributed by atoms with van der Waals surface area (Å²) >= 11 is 2.97. The molecule has 1 aliphatic rings. The molecule has 2 amide bonds. The lowest BCUT2D eigenvalue weighted by Crippen LogP contribution is -2.46. The van der Waals surface area contributed by atoms with E-state index in [1.54, 1.807) is 32.1 Å². The molecule has 27 heavy (non-hydrogen) atoms. The molecule has 0 radical (unpaired) electrons. The number of carbonyl (C=O) groups excluding carboxylic acids is 2. The number of aromatic nitrogens is 2. The lowest BCUT2D eigenvalue weighted by molar-refractivity contribution is -0.130. The highest BCUT2D eigenvalue weighted by Crippen LogP contribution is 2.33. The van der Waals surface area contributed by atoms with Gasteiger partial charge in [0, 0.05) is 10.8 Å². The van der Waals surface area contributed by atoms with Crippen LogP contribution >= 0.6 is 23.1 Å². The van der Waals surface area contributed by atoms with Crippen LogP contribution in [0.5, 0.6) is 0 Å². The molecule has 0 unspecified atom stereocenters. The molecule has 3 N–H and O–H groups in total. The Hall–Kier alpha value is -1.87. The predicted molar refractivity (Wildman–Crippen MR) is 109 cm³/mol. The summed E-state index contributed by atoms with van der Waals surface area (Å²) in [6.07, 6.45) is 4.27. The third kappa shape index (κ3) is 4.52. The zero-order valence-electron chi connectivity index (χ0n) is 15.7. The molecule has 7 nitrogen and oxygen atoms in total. The van der Waals surface area contributed by atoms with Crippen molar-refractivity contribution in [1.82, 2.24) is 20.8 Å². The van der Waals surface area contributed by atoms with Crippen molar-refractivity contribution in [1.29, 1.82) is 0 Å². The van der Waals surface area contributed by atoms with Crippen molar-refractivity contribution in [3.63, 3.8) is 0 Å². The minimum atomic E-state index is -0.394. The van der Waals surface area contributed by atoms with E-state index in [4.69, 9.17) is 0 Å². The summed E-state index contributed by atoms with van der Waals surface area (Å²) in [5.74, 6) is 0.260. The summed E-state index contributed by atoms with van der Waals surface area (Å²) in [7, 11) is 0. The summed E-state index contributed by atoms with van der Waals surface area (Å²) in [5.41, 5.74) is 5.91. The molecule has 3 rings (SSSR count). The number of nitrogens with zero attached hydrogens (tertiary/aromatic N) is 1. The smallest absolute Gasteiger partial charge is 0.259 e. The van der Waals surface area contributed by atoms with Gasteiger partial charge < -0.3 is 4.98 Å². The Morgan fingerprint density at radius 1 is 1.19 bits per heavy atom. The van der Waals surface area contributed by atoms with Crippen LogP contribution < -0.4 is 16.4 Å². The van der Waals surface area contributed by atoms with Crippen LogP contribution in [0.1, 0.15) is 49.9 Å². The Bertz CT molecular complexity index is 919. The maximum absolute atomic E-state index is 12.5. The van der Waals surface area contributed by atoms with E-state index >= 15 is 0 Å². The fourth-order valence-electron chi connectivity index (χ4n) is 2.93. The molecule has 1 aliphatic carbocycles. The Morgan fingerprint density at radius 3 is 2.63 bits per heavy atom. The van der Waals surface area contributed by atoms with E-state index in [0.29, 0.717) is 11.6 Å². The van der Waals surface area contributed by atoms with Crippen molar-refractivity contribution in [2.45, 2.75) is 57.5 Å². The van der Waals surface area contributed by atoms with E-state index in [-0.39, 0.29) is 23.3 Å². The SMILES string of the molecule is CC(C)C(=O)NNC(=O)[C@@H](C)SCc1nc2sc3c(c2c(=O)[nH]1)CCCC3. The fraction of sp³-hybridized carbons (Fsp3) is 0.556. The van der Waals surface area contributed by atoms with Gasteiger partial charge >= 0.3 is 0 Å². The Labute approximate surface area is 165 Å². The Kier molecular flexibility index (Phi) is 6.21. The first-order valence-electron chi connectivity index (χ1n) is 9.11. The first-order chi connectivity index (χ1) is 12.9.